The molecule has 294 valence electrons. The van der Waals surface area contributed by atoms with Crippen LogP contribution in [0.4, 0.5) is 0 Å². The molecule has 55 heavy (non-hydrogen) atoms. The number of rotatable bonds is 22. The predicted octanol–water partition coefficient (Wildman–Crippen LogP) is 8.05. The van der Waals surface area contributed by atoms with Gasteiger partial charge in [0.25, 0.3) is 0 Å². The lowest BCUT2D eigenvalue weighted by Crippen LogP contribution is -2.26. The second-order valence-corrected chi connectivity index (χ2v) is 13.0. The molecule has 3 aromatic rings. The van der Waals surface area contributed by atoms with Gasteiger partial charge in [-0.25, -0.2) is 9.59 Å². The Kier molecular flexibility index (Phi) is 17.6. The molecule has 0 spiro atoms. The Labute approximate surface area is 323 Å². The Bertz CT molecular complexity index is 1860. The second kappa shape index (κ2) is 22.3. The van der Waals surface area contributed by atoms with Gasteiger partial charge >= 0.3 is 17.9 Å². The first-order chi connectivity index (χ1) is 26.5. The Morgan fingerprint density at radius 1 is 0.709 bits per heavy atom. The van der Waals surface area contributed by atoms with Crippen molar-refractivity contribution in [2.75, 3.05) is 41.7 Å². The third kappa shape index (κ3) is 14.1. The Balaban J connectivity index is 1.73. The number of unbranched alkanes of at least 4 members (excludes halogenated alkanes) is 3. The second-order valence-electron chi connectivity index (χ2n) is 13.0. The zero-order valence-electron chi connectivity index (χ0n) is 32.7. The molecule has 0 unspecified atom stereocenters. The summed E-state index contributed by atoms with van der Waals surface area (Å²) in [5.74, 6) is 1.15. The number of hydrogen-bond acceptors (Lipinski definition) is 12. The summed E-state index contributed by atoms with van der Waals surface area (Å²) in [5, 5.41) is 9.34. The van der Waals surface area contributed by atoms with Crippen LogP contribution in [0, 0.1) is 16.7 Å². The number of nitrogens with zero attached hydrogens (tertiary/aromatic N) is 1. The average Bonchev–Trinajstić information content (AvgIpc) is 3.20. The maximum absolute atomic E-state index is 12.2. The van der Waals surface area contributed by atoms with E-state index in [0.29, 0.717) is 47.5 Å². The average molecular weight is 758 g/mol. The van der Waals surface area contributed by atoms with Gasteiger partial charge in [0.15, 0.2) is 23.0 Å². The van der Waals surface area contributed by atoms with Crippen molar-refractivity contribution < 1.29 is 52.3 Å². The summed E-state index contributed by atoms with van der Waals surface area (Å²) in [5.41, 5.74) is 2.31. The number of nitriles is 1. The summed E-state index contributed by atoms with van der Waals surface area (Å²) in [6.45, 7) is 7.01. The fourth-order valence-corrected chi connectivity index (χ4v) is 5.00. The maximum atomic E-state index is 12.2. The molecule has 12 heteroatoms. The molecule has 3 aromatic carbocycles. The lowest BCUT2D eigenvalue weighted by atomic mass is 9.91. The monoisotopic (exact) mass is 757 g/mol. The van der Waals surface area contributed by atoms with Gasteiger partial charge in [-0.05, 0) is 123 Å². The van der Waals surface area contributed by atoms with Crippen molar-refractivity contribution >= 4 is 30.1 Å². The predicted molar refractivity (Wildman–Crippen MR) is 207 cm³/mol. The molecule has 0 amide bonds. The maximum Gasteiger partial charge on any atom is 0.348 e. The fourth-order valence-electron chi connectivity index (χ4n) is 5.00. The molecule has 0 atom stereocenters. The molecule has 0 saturated carbocycles. The molecular weight excluding hydrogens is 706 g/mol. The van der Waals surface area contributed by atoms with Crippen molar-refractivity contribution in [3.05, 3.63) is 88.5 Å². The molecule has 0 aliphatic rings. The highest BCUT2D eigenvalue weighted by atomic mass is 16.5. The van der Waals surface area contributed by atoms with Crippen molar-refractivity contribution in [2.24, 2.45) is 5.41 Å². The minimum atomic E-state index is -0.735. The molecule has 0 N–H and O–H groups in total. The van der Waals surface area contributed by atoms with Crippen LogP contribution < -0.4 is 23.7 Å². The van der Waals surface area contributed by atoms with Gasteiger partial charge in [-0.1, -0.05) is 19.1 Å². The smallest absolute Gasteiger partial charge is 0.348 e. The molecule has 12 nitrogen and oxygen atoms in total. The van der Waals surface area contributed by atoms with E-state index >= 15 is 0 Å². The Morgan fingerprint density at radius 3 is 1.84 bits per heavy atom. The Hall–Kier alpha value is -5.96. The fraction of sp³-hybridized carbons (Fsp3) is 0.395. The number of carbonyl (C=O) groups is 3. The standard InChI is InChI=1S/C43H51NO11/c1-8-43(2,3)42(47)53-20-12-10-9-11-19-52-35-23-32(28-54-36-16-13-30(25-38(36)48-4)15-18-40(45)50-6)21-33(24-35)29-55-37-17-14-31(26-39(37)49-5)22-34(27-44)41(46)51-7/h13-18,21-26H,8-12,19-20,28-29H2,1-7H3/b18-15+,34-22+. The SMILES string of the molecule is CCC(C)(C)C(=O)OCCCCCCOc1cc(COc2ccc(/C=C/C(=O)OC)cc2OC)cc(COc2ccc(/C=C(\C#N)C(=O)OC)cc2OC)c1. The highest BCUT2D eigenvalue weighted by molar-refractivity contribution is 5.97. The van der Waals surface area contributed by atoms with Crippen LogP contribution in [0.15, 0.2) is 66.2 Å². The van der Waals surface area contributed by atoms with E-state index in [1.165, 1.54) is 40.6 Å². The summed E-state index contributed by atoms with van der Waals surface area (Å²) in [7, 11) is 5.57. The molecule has 0 aliphatic heterocycles. The van der Waals surface area contributed by atoms with Crippen LogP contribution in [0.2, 0.25) is 0 Å². The molecule has 0 saturated heterocycles. The van der Waals surface area contributed by atoms with E-state index in [1.807, 2.05) is 45.0 Å². The Morgan fingerprint density at radius 2 is 1.29 bits per heavy atom. The van der Waals surface area contributed by atoms with Crippen LogP contribution in [-0.4, -0.2) is 59.6 Å². The van der Waals surface area contributed by atoms with Crippen LogP contribution in [-0.2, 0) is 41.8 Å². The quantitative estimate of drug-likeness (QED) is 0.0321. The summed E-state index contributed by atoms with van der Waals surface area (Å²) in [6, 6.07) is 18.0. The van der Waals surface area contributed by atoms with E-state index < -0.39 is 17.4 Å². The summed E-state index contributed by atoms with van der Waals surface area (Å²) >= 11 is 0. The molecule has 0 aliphatic carbocycles. The largest absolute Gasteiger partial charge is 0.494 e. The first-order valence-corrected chi connectivity index (χ1v) is 18.0. The third-order valence-electron chi connectivity index (χ3n) is 8.62. The third-order valence-corrected chi connectivity index (χ3v) is 8.62. The zero-order chi connectivity index (χ0) is 40.2. The van der Waals surface area contributed by atoms with Crippen molar-refractivity contribution in [3.8, 4) is 34.8 Å². The summed E-state index contributed by atoms with van der Waals surface area (Å²) in [6.07, 6.45) is 8.52. The van der Waals surface area contributed by atoms with Crippen LogP contribution in [0.5, 0.6) is 28.7 Å². The van der Waals surface area contributed by atoms with Crippen molar-refractivity contribution in [3.63, 3.8) is 0 Å². The minimum absolute atomic E-state index is 0.147. The van der Waals surface area contributed by atoms with Gasteiger partial charge in [-0.2, -0.15) is 5.26 Å². The van der Waals surface area contributed by atoms with Crippen LogP contribution in [0.3, 0.4) is 0 Å². The highest BCUT2D eigenvalue weighted by Crippen LogP contribution is 2.32. The lowest BCUT2D eigenvalue weighted by molar-refractivity contribution is -0.154. The number of methoxy groups -OCH3 is 4. The zero-order valence-corrected chi connectivity index (χ0v) is 32.7. The van der Waals surface area contributed by atoms with E-state index in [9.17, 15) is 19.6 Å². The van der Waals surface area contributed by atoms with E-state index in [2.05, 4.69) is 9.47 Å². The molecule has 0 heterocycles. The highest BCUT2D eigenvalue weighted by Gasteiger charge is 2.26. The molecule has 0 fully saturated rings. The van der Waals surface area contributed by atoms with Gasteiger partial charge in [0.05, 0.1) is 47.1 Å². The summed E-state index contributed by atoms with van der Waals surface area (Å²) in [4.78, 5) is 35.6. The molecule has 0 radical (unpaired) electrons. The number of hydrogen-bond donors (Lipinski definition) is 0. The first-order valence-electron chi connectivity index (χ1n) is 18.0. The van der Waals surface area contributed by atoms with Crippen molar-refractivity contribution in [2.45, 2.75) is 66.1 Å². The topological polar surface area (TPSA) is 149 Å². The van der Waals surface area contributed by atoms with E-state index in [1.54, 1.807) is 42.5 Å². The summed E-state index contributed by atoms with van der Waals surface area (Å²) < 4.78 is 44.4. The van der Waals surface area contributed by atoms with Gasteiger partial charge in [0, 0.05) is 6.08 Å². The van der Waals surface area contributed by atoms with E-state index in [0.717, 1.165) is 48.8 Å². The normalized spacial score (nSPS) is 11.3. The number of carbonyl (C=O) groups excluding carboxylic acids is 3. The van der Waals surface area contributed by atoms with Gasteiger partial charge in [-0.15, -0.1) is 0 Å². The van der Waals surface area contributed by atoms with Gasteiger partial charge in [0.1, 0.15) is 30.6 Å². The van der Waals surface area contributed by atoms with Crippen molar-refractivity contribution in [1.29, 1.82) is 5.26 Å². The van der Waals surface area contributed by atoms with Gasteiger partial charge in [0.2, 0.25) is 0 Å². The molecule has 0 bridgehead atoms. The minimum Gasteiger partial charge on any atom is -0.494 e. The van der Waals surface area contributed by atoms with E-state index in [4.69, 9.17) is 28.4 Å². The molecular formula is C43H51NO11. The van der Waals surface area contributed by atoms with Crippen LogP contribution in [0.25, 0.3) is 12.2 Å². The molecule has 3 rings (SSSR count). The lowest BCUT2D eigenvalue weighted by Gasteiger charge is -2.20. The first kappa shape index (κ1) is 43.4. The van der Waals surface area contributed by atoms with E-state index in [-0.39, 0.29) is 24.8 Å². The van der Waals surface area contributed by atoms with Crippen LogP contribution >= 0.6 is 0 Å². The number of esters is 3. The molecule has 0 aromatic heterocycles. The number of benzene rings is 3. The van der Waals surface area contributed by atoms with Crippen LogP contribution in [0.1, 0.15) is 75.1 Å². The number of ether oxygens (including phenoxy) is 8. The van der Waals surface area contributed by atoms with Gasteiger partial charge in [-0.3, -0.25) is 4.79 Å². The van der Waals surface area contributed by atoms with Crippen molar-refractivity contribution in [1.82, 2.24) is 0 Å². The van der Waals surface area contributed by atoms with Gasteiger partial charge < -0.3 is 37.9 Å².